The number of nitrogen functional groups attached to an aromatic ring is 1. The first-order valence-corrected chi connectivity index (χ1v) is 7.09. The van der Waals surface area contributed by atoms with Crippen LogP contribution < -0.4 is 11.1 Å². The highest BCUT2D eigenvalue weighted by atomic mass is 32.1. The van der Waals surface area contributed by atoms with E-state index in [1.54, 1.807) is 17.5 Å². The van der Waals surface area contributed by atoms with Gasteiger partial charge in [0.2, 0.25) is 0 Å². The minimum absolute atomic E-state index is 0.673. The van der Waals surface area contributed by atoms with E-state index in [0.717, 1.165) is 11.5 Å². The maximum Gasteiger partial charge on any atom is 0.149 e. The minimum atomic E-state index is 0.673. The van der Waals surface area contributed by atoms with Crippen LogP contribution >= 0.6 is 11.3 Å². The molecule has 3 N–H and O–H groups in total. The van der Waals surface area contributed by atoms with E-state index in [1.165, 1.54) is 24.3 Å². The molecule has 0 atom stereocenters. The molecule has 0 spiro atoms. The summed E-state index contributed by atoms with van der Waals surface area (Å²) in [5.41, 5.74) is 7.57. The molecule has 94 valence electrons. The van der Waals surface area contributed by atoms with Crippen LogP contribution in [-0.4, -0.2) is 9.97 Å². The molecule has 0 bridgehead atoms. The van der Waals surface area contributed by atoms with Crippen molar-refractivity contribution in [3.05, 3.63) is 34.4 Å². The molecule has 0 unspecified atom stereocenters. The summed E-state index contributed by atoms with van der Waals surface area (Å²) in [5.74, 6) is 1.44. The molecule has 0 aliphatic heterocycles. The van der Waals surface area contributed by atoms with Crippen LogP contribution in [-0.2, 0) is 6.54 Å². The van der Waals surface area contributed by atoms with Gasteiger partial charge in [-0.15, -0.1) is 11.3 Å². The Morgan fingerprint density at radius 3 is 3.06 bits per heavy atom. The molecule has 2 heterocycles. The van der Waals surface area contributed by atoms with Gasteiger partial charge < -0.3 is 11.1 Å². The van der Waals surface area contributed by atoms with Crippen molar-refractivity contribution in [2.24, 2.45) is 0 Å². The number of hydrogen-bond acceptors (Lipinski definition) is 5. The third-order valence-corrected chi connectivity index (χ3v) is 4.36. The van der Waals surface area contributed by atoms with E-state index in [9.17, 15) is 0 Å². The highest BCUT2D eigenvalue weighted by Crippen LogP contribution is 2.37. The van der Waals surface area contributed by atoms with Gasteiger partial charge in [-0.1, -0.05) is 6.42 Å². The topological polar surface area (TPSA) is 63.8 Å². The summed E-state index contributed by atoms with van der Waals surface area (Å²) in [7, 11) is 0. The Balaban J connectivity index is 1.63. The lowest BCUT2D eigenvalue weighted by molar-refractivity contribution is 0.418. The highest BCUT2D eigenvalue weighted by Gasteiger charge is 2.22. The minimum Gasteiger partial charge on any atom is -0.396 e. The SMILES string of the molecule is Nc1cccnc1NCc1csc(C2CCC2)n1. The molecule has 0 aromatic carbocycles. The molecule has 0 saturated heterocycles. The number of anilines is 2. The predicted octanol–water partition coefficient (Wildman–Crippen LogP) is 3.00. The largest absolute Gasteiger partial charge is 0.396 e. The third kappa shape index (κ3) is 2.31. The van der Waals surface area contributed by atoms with E-state index in [2.05, 4.69) is 20.7 Å². The number of pyridine rings is 1. The van der Waals surface area contributed by atoms with E-state index in [-0.39, 0.29) is 0 Å². The predicted molar refractivity (Wildman–Crippen MR) is 74.7 cm³/mol. The Hall–Kier alpha value is -1.62. The molecule has 0 radical (unpaired) electrons. The van der Waals surface area contributed by atoms with Crippen LogP contribution in [0.4, 0.5) is 11.5 Å². The van der Waals surface area contributed by atoms with Gasteiger partial charge in [-0.2, -0.15) is 0 Å². The maximum atomic E-state index is 5.83. The Kier molecular flexibility index (Phi) is 3.15. The van der Waals surface area contributed by atoms with Crippen LogP contribution in [0.2, 0.25) is 0 Å². The van der Waals surface area contributed by atoms with Gasteiger partial charge in [0.15, 0.2) is 0 Å². The zero-order chi connectivity index (χ0) is 12.4. The quantitative estimate of drug-likeness (QED) is 0.887. The average molecular weight is 260 g/mol. The first-order valence-electron chi connectivity index (χ1n) is 6.21. The zero-order valence-electron chi connectivity index (χ0n) is 10.1. The first kappa shape index (κ1) is 11.5. The van der Waals surface area contributed by atoms with E-state index >= 15 is 0 Å². The molecule has 1 fully saturated rings. The summed E-state index contributed by atoms with van der Waals surface area (Å²) in [6, 6.07) is 3.67. The van der Waals surface area contributed by atoms with Gasteiger partial charge in [0, 0.05) is 17.5 Å². The van der Waals surface area contributed by atoms with Crippen LogP contribution in [0.3, 0.4) is 0 Å². The Morgan fingerprint density at radius 1 is 1.44 bits per heavy atom. The van der Waals surface area contributed by atoms with Crippen molar-refractivity contribution in [3.63, 3.8) is 0 Å². The Labute approximate surface area is 110 Å². The molecular formula is C13H16N4S. The molecule has 4 nitrogen and oxygen atoms in total. The molecular weight excluding hydrogens is 244 g/mol. The second-order valence-electron chi connectivity index (χ2n) is 4.60. The second-order valence-corrected chi connectivity index (χ2v) is 5.49. The number of nitrogens with zero attached hydrogens (tertiary/aromatic N) is 2. The lowest BCUT2D eigenvalue weighted by Gasteiger charge is -2.22. The van der Waals surface area contributed by atoms with Crippen molar-refractivity contribution < 1.29 is 0 Å². The number of nitrogens with two attached hydrogens (primary N) is 1. The van der Waals surface area contributed by atoms with Crippen molar-refractivity contribution in [2.75, 3.05) is 11.1 Å². The molecule has 3 rings (SSSR count). The van der Waals surface area contributed by atoms with Gasteiger partial charge in [0.1, 0.15) is 5.82 Å². The molecule has 2 aromatic rings. The van der Waals surface area contributed by atoms with Crippen molar-refractivity contribution in [3.8, 4) is 0 Å². The normalized spacial score (nSPS) is 15.3. The molecule has 1 aliphatic rings. The Bertz CT molecular complexity index is 533. The van der Waals surface area contributed by atoms with Crippen molar-refractivity contribution in [2.45, 2.75) is 31.7 Å². The van der Waals surface area contributed by atoms with Crippen LogP contribution in [0.1, 0.15) is 35.9 Å². The summed E-state index contributed by atoms with van der Waals surface area (Å²) in [6.45, 7) is 0.685. The smallest absolute Gasteiger partial charge is 0.149 e. The van der Waals surface area contributed by atoms with Gasteiger partial charge in [-0.25, -0.2) is 9.97 Å². The number of rotatable bonds is 4. The average Bonchev–Trinajstić information content (AvgIpc) is 2.74. The lowest BCUT2D eigenvalue weighted by Crippen LogP contribution is -2.09. The molecule has 1 saturated carbocycles. The fraction of sp³-hybridized carbons (Fsp3) is 0.385. The summed E-state index contributed by atoms with van der Waals surface area (Å²) < 4.78 is 0. The van der Waals surface area contributed by atoms with Gasteiger partial charge >= 0.3 is 0 Å². The number of hydrogen-bond donors (Lipinski definition) is 2. The van der Waals surface area contributed by atoms with Crippen LogP contribution in [0.15, 0.2) is 23.7 Å². The van der Waals surface area contributed by atoms with Gasteiger partial charge in [-0.05, 0) is 25.0 Å². The first-order chi connectivity index (χ1) is 8.83. The van der Waals surface area contributed by atoms with E-state index in [1.807, 2.05) is 12.1 Å². The van der Waals surface area contributed by atoms with Crippen LogP contribution in [0.25, 0.3) is 0 Å². The lowest BCUT2D eigenvalue weighted by atomic mass is 9.86. The van der Waals surface area contributed by atoms with Crippen LogP contribution in [0.5, 0.6) is 0 Å². The third-order valence-electron chi connectivity index (χ3n) is 3.30. The van der Waals surface area contributed by atoms with Crippen molar-refractivity contribution in [1.29, 1.82) is 0 Å². The standard InChI is InChI=1S/C13H16N4S/c14-11-5-2-6-15-12(11)16-7-10-8-18-13(17-10)9-3-1-4-9/h2,5-6,8-9H,1,3-4,7,14H2,(H,15,16). The van der Waals surface area contributed by atoms with Gasteiger partial charge in [0.25, 0.3) is 0 Å². The number of nitrogens with one attached hydrogen (secondary N) is 1. The maximum absolute atomic E-state index is 5.83. The number of thiazole rings is 1. The van der Waals surface area contributed by atoms with E-state index in [4.69, 9.17) is 5.73 Å². The van der Waals surface area contributed by atoms with Crippen LogP contribution in [0, 0.1) is 0 Å². The molecule has 1 aliphatic carbocycles. The Morgan fingerprint density at radius 2 is 2.33 bits per heavy atom. The molecule has 18 heavy (non-hydrogen) atoms. The number of aromatic nitrogens is 2. The molecule has 5 heteroatoms. The van der Waals surface area contributed by atoms with E-state index in [0.29, 0.717) is 18.2 Å². The zero-order valence-corrected chi connectivity index (χ0v) is 10.9. The fourth-order valence-corrected chi connectivity index (χ4v) is 2.98. The fourth-order valence-electron chi connectivity index (χ4n) is 1.99. The monoisotopic (exact) mass is 260 g/mol. The summed E-state index contributed by atoms with van der Waals surface area (Å²) in [4.78, 5) is 8.87. The van der Waals surface area contributed by atoms with E-state index < -0.39 is 0 Å². The second kappa shape index (κ2) is 4.94. The van der Waals surface area contributed by atoms with Gasteiger partial charge in [0.05, 0.1) is 22.9 Å². The summed E-state index contributed by atoms with van der Waals surface area (Å²) in [5, 5.41) is 6.63. The summed E-state index contributed by atoms with van der Waals surface area (Å²) >= 11 is 1.77. The van der Waals surface area contributed by atoms with Gasteiger partial charge in [-0.3, -0.25) is 0 Å². The van der Waals surface area contributed by atoms with Crippen molar-refractivity contribution in [1.82, 2.24) is 9.97 Å². The highest BCUT2D eigenvalue weighted by molar-refractivity contribution is 7.09. The van der Waals surface area contributed by atoms with Crippen molar-refractivity contribution >= 4 is 22.8 Å². The molecule has 0 amide bonds. The molecule has 2 aromatic heterocycles. The summed E-state index contributed by atoms with van der Waals surface area (Å²) in [6.07, 6.45) is 5.68.